The van der Waals surface area contributed by atoms with E-state index in [1.54, 1.807) is 12.1 Å². The molecule has 0 atom stereocenters. The molecule has 0 saturated carbocycles. The highest BCUT2D eigenvalue weighted by molar-refractivity contribution is 7.13. The summed E-state index contributed by atoms with van der Waals surface area (Å²) in [5.41, 5.74) is 1.96. The summed E-state index contributed by atoms with van der Waals surface area (Å²) in [7, 11) is 0. The third-order valence-corrected chi connectivity index (χ3v) is 5.46. The molecule has 0 spiro atoms. The molecular formula is C20H16Cl2O3S. The van der Waals surface area contributed by atoms with E-state index in [4.69, 9.17) is 33.0 Å². The molecule has 3 nitrogen and oxygen atoms in total. The van der Waals surface area contributed by atoms with Crippen LogP contribution in [-0.4, -0.2) is 11.1 Å². The van der Waals surface area contributed by atoms with Gasteiger partial charge in [-0.25, -0.2) is 4.79 Å². The number of hydrogen-bond donors (Lipinski definition) is 1. The highest BCUT2D eigenvalue weighted by Crippen LogP contribution is 2.34. The van der Waals surface area contributed by atoms with Gasteiger partial charge >= 0.3 is 5.97 Å². The average molecular weight is 407 g/mol. The number of aryl methyl sites for hydroxylation is 2. The largest absolute Gasteiger partial charge is 0.487 e. The molecule has 134 valence electrons. The maximum absolute atomic E-state index is 11.0. The molecule has 2 aromatic carbocycles. The number of benzene rings is 2. The molecule has 0 aliphatic carbocycles. The van der Waals surface area contributed by atoms with Gasteiger partial charge in [0.25, 0.3) is 0 Å². The Morgan fingerprint density at radius 2 is 1.81 bits per heavy atom. The number of thiophene rings is 1. The lowest BCUT2D eigenvalue weighted by Gasteiger charge is -2.14. The molecule has 0 radical (unpaired) electrons. The lowest BCUT2D eigenvalue weighted by Crippen LogP contribution is -2.01. The Kier molecular flexibility index (Phi) is 6.20. The summed E-state index contributed by atoms with van der Waals surface area (Å²) in [6.07, 6.45) is 1.35. The summed E-state index contributed by atoms with van der Waals surface area (Å²) in [5, 5.41) is 10.1. The summed E-state index contributed by atoms with van der Waals surface area (Å²) in [6, 6.07) is 16.8. The third-order valence-electron chi connectivity index (χ3n) is 3.82. The fourth-order valence-corrected chi connectivity index (χ4v) is 4.01. The van der Waals surface area contributed by atoms with Gasteiger partial charge in [0.05, 0.1) is 5.02 Å². The van der Waals surface area contributed by atoms with Crippen LogP contribution in [0.2, 0.25) is 10.0 Å². The Bertz CT molecular complexity index is 907. The maximum atomic E-state index is 11.0. The van der Waals surface area contributed by atoms with Crippen LogP contribution in [0.25, 0.3) is 0 Å². The first-order valence-electron chi connectivity index (χ1n) is 7.99. The number of halogens is 2. The van der Waals surface area contributed by atoms with Gasteiger partial charge in [0, 0.05) is 9.90 Å². The maximum Gasteiger partial charge on any atom is 0.345 e. The second kappa shape index (κ2) is 8.58. The van der Waals surface area contributed by atoms with Gasteiger partial charge in [0.1, 0.15) is 17.2 Å². The number of carboxylic acids is 1. The van der Waals surface area contributed by atoms with Crippen LogP contribution in [-0.2, 0) is 19.4 Å². The molecular weight excluding hydrogens is 391 g/mol. The van der Waals surface area contributed by atoms with Gasteiger partial charge in [-0.3, -0.25) is 0 Å². The van der Waals surface area contributed by atoms with Crippen LogP contribution in [0.4, 0.5) is 0 Å². The highest BCUT2D eigenvalue weighted by Gasteiger charge is 2.13. The normalized spacial score (nSPS) is 10.7. The minimum absolute atomic E-state index is 0.338. The van der Waals surface area contributed by atoms with Crippen LogP contribution in [0.5, 0.6) is 5.75 Å². The molecule has 3 rings (SSSR count). The van der Waals surface area contributed by atoms with Crippen molar-refractivity contribution in [3.63, 3.8) is 0 Å². The molecule has 0 unspecified atom stereocenters. The van der Waals surface area contributed by atoms with E-state index in [-0.39, 0.29) is 0 Å². The Hall–Kier alpha value is -2.01. The van der Waals surface area contributed by atoms with Crippen molar-refractivity contribution >= 4 is 40.5 Å². The smallest absolute Gasteiger partial charge is 0.345 e. The van der Waals surface area contributed by atoms with Gasteiger partial charge in [-0.1, -0.05) is 53.5 Å². The number of carbonyl (C=O) groups is 1. The summed E-state index contributed by atoms with van der Waals surface area (Å²) in [4.78, 5) is 12.3. The molecule has 0 aliphatic heterocycles. The van der Waals surface area contributed by atoms with E-state index in [0.717, 1.165) is 16.0 Å². The molecule has 0 amide bonds. The Labute approximate surface area is 165 Å². The van der Waals surface area contributed by atoms with Crippen LogP contribution >= 0.6 is 34.5 Å². The van der Waals surface area contributed by atoms with Crippen molar-refractivity contribution in [3.8, 4) is 5.75 Å². The third kappa shape index (κ3) is 4.79. The standard InChI is InChI=1S/C20H16Cl2O3S/c21-15-10-14(6-7-16-8-9-18(26-16)20(23)24)19(17(22)11-15)25-12-13-4-2-1-3-5-13/h1-5,8-11H,6-7,12H2,(H,23,24). The highest BCUT2D eigenvalue weighted by atomic mass is 35.5. The first-order chi connectivity index (χ1) is 12.5. The fourth-order valence-electron chi connectivity index (χ4n) is 2.58. The summed E-state index contributed by atoms with van der Waals surface area (Å²) < 4.78 is 5.96. The molecule has 0 aliphatic rings. The van der Waals surface area contributed by atoms with Crippen molar-refractivity contribution in [1.29, 1.82) is 0 Å². The van der Waals surface area contributed by atoms with E-state index in [1.165, 1.54) is 11.3 Å². The predicted octanol–water partition coefficient (Wildman–Crippen LogP) is 6.12. The van der Waals surface area contributed by atoms with Crippen molar-refractivity contribution in [2.24, 2.45) is 0 Å². The Morgan fingerprint density at radius 3 is 2.50 bits per heavy atom. The zero-order valence-electron chi connectivity index (χ0n) is 13.7. The molecule has 0 bridgehead atoms. The monoisotopic (exact) mass is 406 g/mol. The molecule has 0 fully saturated rings. The van der Waals surface area contributed by atoms with E-state index < -0.39 is 5.97 Å². The van der Waals surface area contributed by atoms with Gasteiger partial charge < -0.3 is 9.84 Å². The number of hydrogen-bond acceptors (Lipinski definition) is 3. The molecule has 6 heteroatoms. The quantitative estimate of drug-likeness (QED) is 0.514. The molecule has 1 heterocycles. The first kappa shape index (κ1) is 18.8. The van der Waals surface area contributed by atoms with Gasteiger partial charge in [-0.15, -0.1) is 11.3 Å². The SMILES string of the molecule is O=C(O)c1ccc(CCc2cc(Cl)cc(Cl)c2OCc2ccccc2)s1. The minimum Gasteiger partial charge on any atom is -0.487 e. The minimum atomic E-state index is -0.904. The lowest BCUT2D eigenvalue weighted by molar-refractivity contribution is 0.0702. The Morgan fingerprint density at radius 1 is 1.04 bits per heavy atom. The van der Waals surface area contributed by atoms with Crippen molar-refractivity contribution < 1.29 is 14.6 Å². The van der Waals surface area contributed by atoms with Crippen LogP contribution in [0.15, 0.2) is 54.6 Å². The topological polar surface area (TPSA) is 46.5 Å². The van der Waals surface area contributed by atoms with Gasteiger partial charge in [0.2, 0.25) is 0 Å². The van der Waals surface area contributed by atoms with Crippen molar-refractivity contribution in [3.05, 3.63) is 85.5 Å². The summed E-state index contributed by atoms with van der Waals surface area (Å²) >= 11 is 13.8. The second-order valence-corrected chi connectivity index (χ2v) is 7.73. The Balaban J connectivity index is 1.75. The number of ether oxygens (including phenoxy) is 1. The van der Waals surface area contributed by atoms with Gasteiger partial charge in [0.15, 0.2) is 0 Å². The molecule has 3 aromatic rings. The number of rotatable bonds is 7. The van der Waals surface area contributed by atoms with E-state index in [0.29, 0.717) is 40.1 Å². The van der Waals surface area contributed by atoms with Crippen LogP contribution < -0.4 is 4.74 Å². The van der Waals surface area contributed by atoms with Crippen LogP contribution in [0.3, 0.4) is 0 Å². The molecule has 26 heavy (non-hydrogen) atoms. The summed E-state index contributed by atoms with van der Waals surface area (Å²) in [6.45, 7) is 0.414. The first-order valence-corrected chi connectivity index (χ1v) is 9.57. The zero-order valence-corrected chi connectivity index (χ0v) is 16.1. The van der Waals surface area contributed by atoms with E-state index in [9.17, 15) is 4.79 Å². The van der Waals surface area contributed by atoms with Crippen LogP contribution in [0, 0.1) is 0 Å². The number of aromatic carboxylic acids is 1. The van der Waals surface area contributed by atoms with Crippen molar-refractivity contribution in [2.75, 3.05) is 0 Å². The predicted molar refractivity (Wildman–Crippen MR) is 106 cm³/mol. The molecule has 1 N–H and O–H groups in total. The van der Waals surface area contributed by atoms with E-state index >= 15 is 0 Å². The second-order valence-electron chi connectivity index (χ2n) is 5.72. The van der Waals surface area contributed by atoms with E-state index in [2.05, 4.69) is 0 Å². The lowest BCUT2D eigenvalue weighted by atomic mass is 10.1. The van der Waals surface area contributed by atoms with Gasteiger partial charge in [-0.05, 0) is 48.2 Å². The van der Waals surface area contributed by atoms with Crippen LogP contribution in [0.1, 0.15) is 25.7 Å². The van der Waals surface area contributed by atoms with Crippen molar-refractivity contribution in [2.45, 2.75) is 19.4 Å². The molecule has 0 saturated heterocycles. The zero-order chi connectivity index (χ0) is 18.5. The fraction of sp³-hybridized carbons (Fsp3) is 0.150. The molecule has 1 aromatic heterocycles. The van der Waals surface area contributed by atoms with Crippen molar-refractivity contribution in [1.82, 2.24) is 0 Å². The summed E-state index contributed by atoms with van der Waals surface area (Å²) in [5.74, 6) is -0.283. The number of carboxylic acid groups (broad SMARTS) is 1. The van der Waals surface area contributed by atoms with Gasteiger partial charge in [-0.2, -0.15) is 0 Å². The average Bonchev–Trinajstić information content (AvgIpc) is 3.09. The van der Waals surface area contributed by atoms with E-state index in [1.807, 2.05) is 42.5 Å².